The van der Waals surface area contributed by atoms with Crippen molar-refractivity contribution < 1.29 is 13.9 Å². The number of hydrogen-bond acceptors (Lipinski definition) is 3. The Morgan fingerprint density at radius 1 is 1.20 bits per heavy atom. The molecule has 0 aliphatic heterocycles. The average molecular weight is 340 g/mol. The van der Waals surface area contributed by atoms with Crippen LogP contribution in [0, 0.1) is 12.7 Å². The summed E-state index contributed by atoms with van der Waals surface area (Å²) in [5.41, 5.74) is 1.34. The van der Waals surface area contributed by atoms with E-state index in [9.17, 15) is 14.0 Å². The molecule has 6 heteroatoms. The summed E-state index contributed by atoms with van der Waals surface area (Å²) in [6, 6.07) is 13.1. The molecular weight excluding hydrogens is 323 g/mol. The van der Waals surface area contributed by atoms with E-state index in [0.717, 1.165) is 5.39 Å². The molecule has 0 atom stereocenters. The van der Waals surface area contributed by atoms with Crippen LogP contribution in [0.2, 0.25) is 0 Å². The van der Waals surface area contributed by atoms with Gasteiger partial charge in [-0.1, -0.05) is 18.2 Å². The molecular formula is C19H17FN2O3. The predicted octanol–water partition coefficient (Wildman–Crippen LogP) is 3.00. The Labute approximate surface area is 143 Å². The van der Waals surface area contributed by atoms with E-state index in [4.69, 9.17) is 4.74 Å². The molecule has 5 nitrogen and oxygen atoms in total. The van der Waals surface area contributed by atoms with Crippen LogP contribution in [0.3, 0.4) is 0 Å². The van der Waals surface area contributed by atoms with Crippen molar-refractivity contribution in [2.75, 3.05) is 11.9 Å². The summed E-state index contributed by atoms with van der Waals surface area (Å²) in [4.78, 5) is 24.0. The number of aryl methyl sites for hydroxylation is 2. The molecule has 0 saturated carbocycles. The molecule has 0 bridgehead atoms. The molecule has 128 valence electrons. The first kappa shape index (κ1) is 16.7. The van der Waals surface area contributed by atoms with Gasteiger partial charge in [-0.3, -0.25) is 9.59 Å². The lowest BCUT2D eigenvalue weighted by Crippen LogP contribution is -2.22. The normalized spacial score (nSPS) is 10.7. The zero-order valence-electron chi connectivity index (χ0n) is 13.9. The second-order valence-corrected chi connectivity index (χ2v) is 5.72. The van der Waals surface area contributed by atoms with Gasteiger partial charge in [-0.05, 0) is 36.8 Å². The summed E-state index contributed by atoms with van der Waals surface area (Å²) in [5, 5.41) is 3.30. The number of aromatic nitrogens is 1. The second-order valence-electron chi connectivity index (χ2n) is 5.72. The topological polar surface area (TPSA) is 60.3 Å². The molecule has 0 unspecified atom stereocenters. The van der Waals surface area contributed by atoms with Crippen LogP contribution in [0.5, 0.6) is 5.75 Å². The van der Waals surface area contributed by atoms with E-state index in [1.165, 1.54) is 16.7 Å². The SMILES string of the molecule is Cc1ccc(NC(=O)COc2cc(=O)n(C)c3ccccc23)cc1F. The summed E-state index contributed by atoms with van der Waals surface area (Å²) < 4.78 is 20.6. The number of para-hydroxylation sites is 1. The van der Waals surface area contributed by atoms with Crippen molar-refractivity contribution >= 4 is 22.5 Å². The van der Waals surface area contributed by atoms with E-state index < -0.39 is 11.7 Å². The number of carbonyl (C=O) groups excluding carboxylic acids is 1. The van der Waals surface area contributed by atoms with Gasteiger partial charge in [0, 0.05) is 24.2 Å². The number of halogens is 1. The summed E-state index contributed by atoms with van der Waals surface area (Å²) in [5.74, 6) is -0.492. The highest BCUT2D eigenvalue weighted by molar-refractivity contribution is 5.92. The Morgan fingerprint density at radius 2 is 1.96 bits per heavy atom. The van der Waals surface area contributed by atoms with Crippen LogP contribution in [-0.4, -0.2) is 17.1 Å². The molecule has 0 aliphatic carbocycles. The van der Waals surface area contributed by atoms with Crippen LogP contribution >= 0.6 is 0 Å². The monoisotopic (exact) mass is 340 g/mol. The molecule has 0 spiro atoms. The fraction of sp³-hybridized carbons (Fsp3) is 0.158. The lowest BCUT2D eigenvalue weighted by Gasteiger charge is -2.12. The van der Waals surface area contributed by atoms with Crippen LogP contribution in [0.1, 0.15) is 5.56 Å². The van der Waals surface area contributed by atoms with Gasteiger partial charge in [-0.25, -0.2) is 4.39 Å². The molecule has 0 aliphatic rings. The lowest BCUT2D eigenvalue weighted by molar-refractivity contribution is -0.118. The Kier molecular flexibility index (Phi) is 4.52. The van der Waals surface area contributed by atoms with Gasteiger partial charge in [0.1, 0.15) is 11.6 Å². The Hall–Kier alpha value is -3.15. The van der Waals surface area contributed by atoms with Crippen molar-refractivity contribution in [3.05, 3.63) is 70.3 Å². The first-order chi connectivity index (χ1) is 12.0. The maximum absolute atomic E-state index is 13.5. The van der Waals surface area contributed by atoms with Crippen molar-refractivity contribution in [2.45, 2.75) is 6.92 Å². The summed E-state index contributed by atoms with van der Waals surface area (Å²) in [6.45, 7) is 1.36. The van der Waals surface area contributed by atoms with E-state index in [1.54, 1.807) is 32.2 Å². The number of amides is 1. The van der Waals surface area contributed by atoms with Crippen molar-refractivity contribution in [3.63, 3.8) is 0 Å². The molecule has 1 heterocycles. The number of nitrogens with zero attached hydrogens (tertiary/aromatic N) is 1. The zero-order valence-corrected chi connectivity index (χ0v) is 13.9. The van der Waals surface area contributed by atoms with Crippen molar-refractivity contribution in [1.82, 2.24) is 4.57 Å². The van der Waals surface area contributed by atoms with E-state index in [-0.39, 0.29) is 12.2 Å². The van der Waals surface area contributed by atoms with Crippen LogP contribution in [0.4, 0.5) is 10.1 Å². The number of nitrogens with one attached hydrogen (secondary N) is 1. The third-order valence-electron chi connectivity index (χ3n) is 3.93. The fourth-order valence-corrected chi connectivity index (χ4v) is 2.51. The number of pyridine rings is 1. The predicted molar refractivity (Wildman–Crippen MR) is 94.5 cm³/mol. The van der Waals surface area contributed by atoms with Gasteiger partial charge < -0.3 is 14.6 Å². The highest BCUT2D eigenvalue weighted by Crippen LogP contribution is 2.23. The number of rotatable bonds is 4. The Balaban J connectivity index is 1.76. The van der Waals surface area contributed by atoms with Gasteiger partial charge >= 0.3 is 0 Å². The minimum absolute atomic E-state index is 0.227. The molecule has 25 heavy (non-hydrogen) atoms. The van der Waals surface area contributed by atoms with E-state index in [2.05, 4.69) is 5.32 Å². The fourth-order valence-electron chi connectivity index (χ4n) is 2.51. The summed E-state index contributed by atoms with van der Waals surface area (Å²) in [6.07, 6.45) is 0. The second kappa shape index (κ2) is 6.76. The summed E-state index contributed by atoms with van der Waals surface area (Å²) in [7, 11) is 1.67. The Morgan fingerprint density at radius 3 is 2.72 bits per heavy atom. The molecule has 0 fully saturated rings. The highest BCUT2D eigenvalue weighted by atomic mass is 19.1. The Bertz CT molecular complexity index is 1010. The van der Waals surface area contributed by atoms with Gasteiger partial charge in [0.15, 0.2) is 6.61 Å². The van der Waals surface area contributed by atoms with E-state index >= 15 is 0 Å². The quantitative estimate of drug-likeness (QED) is 0.794. The smallest absolute Gasteiger partial charge is 0.262 e. The molecule has 0 radical (unpaired) electrons. The minimum atomic E-state index is -0.437. The highest BCUT2D eigenvalue weighted by Gasteiger charge is 2.10. The van der Waals surface area contributed by atoms with Gasteiger partial charge in [0.2, 0.25) is 0 Å². The molecule has 1 N–H and O–H groups in total. The van der Waals surface area contributed by atoms with Crippen molar-refractivity contribution in [1.29, 1.82) is 0 Å². The first-order valence-electron chi connectivity index (χ1n) is 7.73. The van der Waals surface area contributed by atoms with E-state index in [1.807, 2.05) is 18.2 Å². The molecule has 2 aromatic carbocycles. The molecule has 3 aromatic rings. The lowest BCUT2D eigenvalue weighted by atomic mass is 10.2. The minimum Gasteiger partial charge on any atom is -0.483 e. The third kappa shape index (κ3) is 3.52. The molecule has 1 amide bonds. The van der Waals surface area contributed by atoms with Gasteiger partial charge in [0.05, 0.1) is 5.52 Å². The van der Waals surface area contributed by atoms with Crippen molar-refractivity contribution in [2.24, 2.45) is 7.05 Å². The van der Waals surface area contributed by atoms with Gasteiger partial charge in [0.25, 0.3) is 11.5 Å². The standard InChI is InChI=1S/C19H17FN2O3/c1-12-7-8-13(9-15(12)20)21-18(23)11-25-17-10-19(24)22(2)16-6-4-3-5-14(16)17/h3-10H,11H2,1-2H3,(H,21,23). The number of fused-ring (bicyclic) bond motifs is 1. The number of anilines is 1. The van der Waals surface area contributed by atoms with Gasteiger partial charge in [-0.15, -0.1) is 0 Å². The number of hydrogen-bond donors (Lipinski definition) is 1. The van der Waals surface area contributed by atoms with Crippen LogP contribution < -0.4 is 15.6 Å². The van der Waals surface area contributed by atoms with E-state index in [0.29, 0.717) is 22.5 Å². The molecule has 0 saturated heterocycles. The van der Waals surface area contributed by atoms with Crippen LogP contribution in [0.15, 0.2) is 53.3 Å². The number of carbonyl (C=O) groups is 1. The zero-order chi connectivity index (χ0) is 18.0. The number of ether oxygens (including phenoxy) is 1. The van der Waals surface area contributed by atoms with Crippen LogP contribution in [0.25, 0.3) is 10.9 Å². The average Bonchev–Trinajstić information content (AvgIpc) is 2.60. The maximum atomic E-state index is 13.5. The van der Waals surface area contributed by atoms with Crippen LogP contribution in [-0.2, 0) is 11.8 Å². The first-order valence-corrected chi connectivity index (χ1v) is 7.73. The summed E-state index contributed by atoms with van der Waals surface area (Å²) >= 11 is 0. The maximum Gasteiger partial charge on any atom is 0.262 e. The molecule has 1 aromatic heterocycles. The van der Waals surface area contributed by atoms with Crippen molar-refractivity contribution in [3.8, 4) is 5.75 Å². The largest absolute Gasteiger partial charge is 0.483 e. The third-order valence-corrected chi connectivity index (χ3v) is 3.93. The van der Waals surface area contributed by atoms with Gasteiger partial charge in [-0.2, -0.15) is 0 Å². The molecule has 3 rings (SSSR count). The number of benzene rings is 2.